The number of halogens is 3. The monoisotopic (exact) mass is 406 g/mol. The fourth-order valence-electron chi connectivity index (χ4n) is 2.40. The molecule has 2 N–H and O–H groups in total. The van der Waals surface area contributed by atoms with Crippen molar-refractivity contribution in [3.8, 4) is 0 Å². The van der Waals surface area contributed by atoms with E-state index in [1.54, 1.807) is 0 Å². The standard InChI is InChI=1S/C17H13F3N6O3/c18-17(19,20)12-6-7-13(15(8-12)26(28)29)21-23-16(27)14-10-25(24-22-14)9-11-4-2-1-3-5-11/h1-8,10,21H,9H2,(H,23,27). The van der Waals surface area contributed by atoms with Gasteiger partial charge in [0.1, 0.15) is 5.69 Å². The maximum atomic E-state index is 12.7. The lowest BCUT2D eigenvalue weighted by molar-refractivity contribution is -0.384. The summed E-state index contributed by atoms with van der Waals surface area (Å²) >= 11 is 0. The van der Waals surface area contributed by atoms with Gasteiger partial charge in [-0.15, -0.1) is 5.10 Å². The number of hydrogen-bond acceptors (Lipinski definition) is 6. The third-order valence-corrected chi connectivity index (χ3v) is 3.79. The van der Waals surface area contributed by atoms with E-state index in [0.29, 0.717) is 18.7 Å². The van der Waals surface area contributed by atoms with Crippen molar-refractivity contribution in [2.75, 3.05) is 5.43 Å². The summed E-state index contributed by atoms with van der Waals surface area (Å²) in [7, 11) is 0. The van der Waals surface area contributed by atoms with Gasteiger partial charge in [-0.2, -0.15) is 13.2 Å². The summed E-state index contributed by atoms with van der Waals surface area (Å²) in [6, 6.07) is 11.2. The van der Waals surface area contributed by atoms with Gasteiger partial charge in [0.2, 0.25) is 0 Å². The topological polar surface area (TPSA) is 115 Å². The number of carbonyl (C=O) groups is 1. The van der Waals surface area contributed by atoms with Gasteiger partial charge in [-0.1, -0.05) is 35.5 Å². The molecule has 12 heteroatoms. The average molecular weight is 406 g/mol. The van der Waals surface area contributed by atoms with Crippen LogP contribution in [0.15, 0.2) is 54.7 Å². The number of anilines is 1. The molecule has 0 radical (unpaired) electrons. The molecule has 3 aromatic rings. The van der Waals surface area contributed by atoms with Gasteiger partial charge in [0, 0.05) is 6.07 Å². The molecule has 0 aliphatic carbocycles. The Morgan fingerprint density at radius 2 is 1.90 bits per heavy atom. The molecule has 29 heavy (non-hydrogen) atoms. The summed E-state index contributed by atoms with van der Waals surface area (Å²) < 4.78 is 39.6. The number of nitro groups is 1. The molecule has 1 amide bonds. The van der Waals surface area contributed by atoms with Crippen LogP contribution in [0.4, 0.5) is 24.5 Å². The van der Waals surface area contributed by atoms with Crippen molar-refractivity contribution in [1.29, 1.82) is 0 Å². The van der Waals surface area contributed by atoms with E-state index in [-0.39, 0.29) is 11.4 Å². The molecule has 9 nitrogen and oxygen atoms in total. The second-order valence-electron chi connectivity index (χ2n) is 5.85. The Morgan fingerprint density at radius 3 is 2.55 bits per heavy atom. The van der Waals surface area contributed by atoms with Crippen molar-refractivity contribution in [3.05, 3.63) is 81.7 Å². The Labute approximate surface area is 161 Å². The van der Waals surface area contributed by atoms with Crippen LogP contribution < -0.4 is 10.9 Å². The second-order valence-corrected chi connectivity index (χ2v) is 5.85. The molecule has 0 bridgehead atoms. The van der Waals surface area contributed by atoms with Crippen LogP contribution >= 0.6 is 0 Å². The molecule has 0 aliphatic heterocycles. The number of carbonyl (C=O) groups excluding carboxylic acids is 1. The molecule has 2 aromatic carbocycles. The van der Waals surface area contributed by atoms with Gasteiger partial charge < -0.3 is 0 Å². The molecule has 0 unspecified atom stereocenters. The van der Waals surface area contributed by atoms with Crippen LogP contribution in [0.1, 0.15) is 21.6 Å². The minimum absolute atomic E-state index is 0.0806. The minimum Gasteiger partial charge on any atom is -0.292 e. The van der Waals surface area contributed by atoms with E-state index in [1.165, 1.54) is 10.9 Å². The van der Waals surface area contributed by atoms with E-state index in [2.05, 4.69) is 21.2 Å². The Balaban J connectivity index is 1.68. The third kappa shape index (κ3) is 4.86. The van der Waals surface area contributed by atoms with Crippen molar-refractivity contribution in [1.82, 2.24) is 20.4 Å². The lowest BCUT2D eigenvalue weighted by atomic mass is 10.1. The van der Waals surface area contributed by atoms with Crippen LogP contribution in [0.5, 0.6) is 0 Å². The largest absolute Gasteiger partial charge is 0.416 e. The zero-order chi connectivity index (χ0) is 21.0. The van der Waals surface area contributed by atoms with Gasteiger partial charge in [0.25, 0.3) is 11.6 Å². The maximum absolute atomic E-state index is 12.7. The number of hydrogen-bond donors (Lipinski definition) is 2. The highest BCUT2D eigenvalue weighted by atomic mass is 19.4. The Morgan fingerprint density at radius 1 is 1.17 bits per heavy atom. The summed E-state index contributed by atoms with van der Waals surface area (Å²) in [6.45, 7) is 0.374. The summed E-state index contributed by atoms with van der Waals surface area (Å²) in [5.74, 6) is -0.765. The summed E-state index contributed by atoms with van der Waals surface area (Å²) in [4.78, 5) is 22.2. The zero-order valence-corrected chi connectivity index (χ0v) is 14.6. The predicted octanol–water partition coefficient (Wildman–Crippen LogP) is 3.01. The van der Waals surface area contributed by atoms with Crippen molar-refractivity contribution in [3.63, 3.8) is 0 Å². The van der Waals surface area contributed by atoms with Gasteiger partial charge in [0.05, 0.1) is 23.2 Å². The van der Waals surface area contributed by atoms with E-state index >= 15 is 0 Å². The van der Waals surface area contributed by atoms with Gasteiger partial charge in [-0.25, -0.2) is 4.68 Å². The highest BCUT2D eigenvalue weighted by Gasteiger charge is 2.33. The number of benzene rings is 2. The first kappa shape index (κ1) is 19.8. The van der Waals surface area contributed by atoms with Gasteiger partial charge >= 0.3 is 6.18 Å². The van der Waals surface area contributed by atoms with Crippen LogP contribution in [0.2, 0.25) is 0 Å². The molecule has 0 saturated heterocycles. The highest BCUT2D eigenvalue weighted by molar-refractivity contribution is 5.92. The number of alkyl halides is 3. The number of aromatic nitrogens is 3. The van der Waals surface area contributed by atoms with Crippen molar-refractivity contribution >= 4 is 17.3 Å². The van der Waals surface area contributed by atoms with E-state index in [9.17, 15) is 28.1 Å². The second kappa shape index (κ2) is 7.96. The molecule has 0 saturated carbocycles. The minimum atomic E-state index is -4.73. The van der Waals surface area contributed by atoms with Crippen molar-refractivity contribution < 1.29 is 22.9 Å². The van der Waals surface area contributed by atoms with Crippen LogP contribution in [-0.2, 0) is 12.7 Å². The van der Waals surface area contributed by atoms with Gasteiger partial charge in [-0.05, 0) is 17.7 Å². The van der Waals surface area contributed by atoms with Crippen LogP contribution in [0.3, 0.4) is 0 Å². The highest BCUT2D eigenvalue weighted by Crippen LogP contribution is 2.34. The molecule has 0 fully saturated rings. The first-order valence-electron chi connectivity index (χ1n) is 8.10. The smallest absolute Gasteiger partial charge is 0.292 e. The quantitative estimate of drug-likeness (QED) is 0.480. The lowest BCUT2D eigenvalue weighted by Gasteiger charge is -2.10. The first-order chi connectivity index (χ1) is 13.7. The first-order valence-corrected chi connectivity index (χ1v) is 8.10. The molecule has 0 spiro atoms. The lowest BCUT2D eigenvalue weighted by Crippen LogP contribution is -2.30. The number of nitro benzene ring substituents is 1. The summed E-state index contributed by atoms with van der Waals surface area (Å²) in [5, 5.41) is 18.6. The normalized spacial score (nSPS) is 11.1. The maximum Gasteiger partial charge on any atom is 0.416 e. The fourth-order valence-corrected chi connectivity index (χ4v) is 2.40. The Bertz CT molecular complexity index is 1040. The van der Waals surface area contributed by atoms with Crippen molar-refractivity contribution in [2.45, 2.75) is 12.7 Å². The third-order valence-electron chi connectivity index (χ3n) is 3.79. The number of amides is 1. The zero-order valence-electron chi connectivity index (χ0n) is 14.6. The fraction of sp³-hybridized carbons (Fsp3) is 0.118. The molecule has 1 aromatic heterocycles. The van der Waals surface area contributed by atoms with E-state index in [1.807, 2.05) is 30.3 Å². The molecule has 3 rings (SSSR count). The number of nitrogens with zero attached hydrogens (tertiary/aromatic N) is 4. The van der Waals surface area contributed by atoms with Crippen LogP contribution in [-0.4, -0.2) is 25.8 Å². The van der Waals surface area contributed by atoms with Gasteiger partial charge in [0.15, 0.2) is 5.69 Å². The predicted molar refractivity (Wildman–Crippen MR) is 94.8 cm³/mol. The number of hydrazine groups is 1. The molecule has 0 atom stereocenters. The Kier molecular flexibility index (Phi) is 5.43. The van der Waals surface area contributed by atoms with Crippen LogP contribution in [0, 0.1) is 10.1 Å². The number of rotatable bonds is 6. The average Bonchev–Trinajstić information content (AvgIpc) is 3.14. The van der Waals surface area contributed by atoms with Crippen molar-refractivity contribution in [2.24, 2.45) is 0 Å². The van der Waals surface area contributed by atoms with Gasteiger partial charge in [-0.3, -0.25) is 25.8 Å². The molecule has 150 valence electrons. The molecular weight excluding hydrogens is 393 g/mol. The molecular formula is C17H13F3N6O3. The summed E-state index contributed by atoms with van der Waals surface area (Å²) in [6.07, 6.45) is -3.37. The summed E-state index contributed by atoms with van der Waals surface area (Å²) in [5.41, 5.74) is 2.93. The SMILES string of the molecule is O=C(NNc1ccc(C(F)(F)F)cc1[N+](=O)[O-])c1cn(Cc2ccccc2)nn1. The van der Waals surface area contributed by atoms with Crippen LogP contribution in [0.25, 0.3) is 0 Å². The van der Waals surface area contributed by atoms with E-state index in [0.717, 1.165) is 11.6 Å². The molecule has 0 aliphatic rings. The molecule has 1 heterocycles. The van der Waals surface area contributed by atoms with E-state index in [4.69, 9.17) is 0 Å². The van der Waals surface area contributed by atoms with E-state index < -0.39 is 28.3 Å². The number of nitrogens with one attached hydrogen (secondary N) is 2. The Hall–Kier alpha value is -3.96.